The summed E-state index contributed by atoms with van der Waals surface area (Å²) in [6, 6.07) is 60.7. The van der Waals surface area contributed by atoms with Crippen LogP contribution in [-0.4, -0.2) is 283 Å². The average molecular weight is 1810 g/mol. The lowest BCUT2D eigenvalue weighted by atomic mass is 10.0. The van der Waals surface area contributed by atoms with Gasteiger partial charge in [0.1, 0.15) is 40.6 Å². The van der Waals surface area contributed by atoms with Crippen molar-refractivity contribution in [3.8, 4) is 17.2 Å². The Bertz CT molecular complexity index is 5690. The van der Waals surface area contributed by atoms with E-state index in [1.165, 1.54) is 11.1 Å². The van der Waals surface area contributed by atoms with Crippen molar-refractivity contribution in [2.45, 2.75) is 130 Å². The third kappa shape index (κ3) is 27.7. The molecule has 0 saturated carbocycles. The number of aromatic hydroxyl groups is 3. The second-order valence-corrected chi connectivity index (χ2v) is 37.3. The van der Waals surface area contributed by atoms with E-state index in [-0.39, 0.29) is 17.2 Å². The van der Waals surface area contributed by atoms with Gasteiger partial charge in [-0.05, 0) is 193 Å². The standard InChI is InChI=1S/C33H42N6O2.C33H40N6O2.C26H34N6O3.C11H17O3P/c2*1-25-7-12-32(40)30(34-25)24-39-31-23-27(9-8-26-5-3-2-4-6-26)10-11-29(31)36-33(39)35-28-13-15-37(16-14-28)17-18-38-19-21-41-22-20-38;1-19-2-5-25(34)23(27-19)17-32-24-16-20(18-33)3-4-22(24)29-26(32)28-21-6-8-30(9-7-21)10-11-31-12-14-35-15-13-31;1-3-13-15(12,14-4-2)10-11-8-6-5-7-9-11/h2-7,10-12,23,28,40H,8-9,13-22,24H2,1H3,(H,35,36);2-12,23,28,40H,13-22,24H2,1H3,(H,35,36);2-5,16,18,21,34H,6-15,17H2,1H3,(H,28,29);5-9H,3-4,10H2,1-2H3/b;9-8+;;. The number of morpholine rings is 3. The first-order valence-electron chi connectivity index (χ1n) is 47.5. The number of fused-ring (bicyclic) bond motifs is 3. The molecule has 18 rings (SSSR count). The van der Waals surface area contributed by atoms with E-state index in [0.717, 1.165) is 300 Å². The smallest absolute Gasteiger partial charge is 0.335 e. The number of nitrogens with one attached hydrogen (secondary N) is 3. The van der Waals surface area contributed by atoms with E-state index in [4.69, 9.17) is 38.2 Å². The molecule has 6 fully saturated rings. The molecule has 29 heteroatoms. The third-order valence-electron chi connectivity index (χ3n) is 25.6. The molecule has 0 atom stereocenters. The number of benzene rings is 6. The molecular formula is C103H133N18O10P. The summed E-state index contributed by atoms with van der Waals surface area (Å²) in [6.07, 6.45) is 13.8. The van der Waals surface area contributed by atoms with E-state index in [9.17, 15) is 24.7 Å². The van der Waals surface area contributed by atoms with Crippen LogP contribution in [0.1, 0.15) is 125 Å². The van der Waals surface area contributed by atoms with Gasteiger partial charge in [-0.3, -0.25) is 39.0 Å². The first-order valence-corrected chi connectivity index (χ1v) is 49.2. The topological polar surface area (TPSA) is 289 Å². The van der Waals surface area contributed by atoms with E-state index in [1.807, 2.05) is 112 Å². The van der Waals surface area contributed by atoms with Crippen molar-refractivity contribution in [3.63, 3.8) is 0 Å². The maximum atomic E-state index is 12.1. The molecule has 6 aliphatic rings. The zero-order chi connectivity index (χ0) is 91.4. The molecule has 6 aliphatic heterocycles. The molecule has 0 radical (unpaired) electrons. The monoisotopic (exact) mass is 1810 g/mol. The number of piperidine rings is 3. The van der Waals surface area contributed by atoms with Crippen LogP contribution in [0.5, 0.6) is 17.2 Å². The molecule has 132 heavy (non-hydrogen) atoms. The largest absolute Gasteiger partial charge is 0.506 e. The quantitative estimate of drug-likeness (QED) is 0.0127. The predicted molar refractivity (Wildman–Crippen MR) is 525 cm³/mol. The minimum absolute atomic E-state index is 0.156. The fourth-order valence-electron chi connectivity index (χ4n) is 18.0. The molecule has 12 aromatic rings. The van der Waals surface area contributed by atoms with Gasteiger partial charge in [-0.2, -0.15) is 0 Å². The highest BCUT2D eigenvalue weighted by Gasteiger charge is 2.30. The highest BCUT2D eigenvalue weighted by Crippen LogP contribution is 2.51. The molecule has 0 bridgehead atoms. The van der Waals surface area contributed by atoms with Gasteiger partial charge in [0.15, 0.2) is 0 Å². The van der Waals surface area contributed by atoms with Crippen molar-refractivity contribution in [2.75, 3.05) is 187 Å². The molecule has 0 amide bonds. The van der Waals surface area contributed by atoms with Crippen molar-refractivity contribution in [1.82, 2.24) is 73.0 Å². The van der Waals surface area contributed by atoms with Crippen LogP contribution < -0.4 is 16.0 Å². The number of aldehydes is 1. The number of carbonyl (C=O) groups is 1. The molecule has 0 unspecified atom stereocenters. The highest BCUT2D eigenvalue weighted by molar-refractivity contribution is 7.53. The fourth-order valence-corrected chi connectivity index (χ4v) is 19.7. The first kappa shape index (κ1) is 95.8. The lowest BCUT2D eigenvalue weighted by molar-refractivity contribution is 0.0322. The van der Waals surface area contributed by atoms with Crippen LogP contribution in [0, 0.1) is 20.8 Å². The van der Waals surface area contributed by atoms with Crippen LogP contribution in [0.25, 0.3) is 45.3 Å². The van der Waals surface area contributed by atoms with Crippen molar-refractivity contribution >= 4 is 77.0 Å². The van der Waals surface area contributed by atoms with E-state index in [0.29, 0.717) is 79.8 Å². The molecule has 6 aromatic heterocycles. The number of rotatable bonds is 33. The number of anilines is 3. The van der Waals surface area contributed by atoms with Gasteiger partial charge in [0, 0.05) is 159 Å². The van der Waals surface area contributed by atoms with E-state index in [2.05, 4.69) is 160 Å². The molecule has 0 spiro atoms. The summed E-state index contributed by atoms with van der Waals surface area (Å²) >= 11 is 0. The summed E-state index contributed by atoms with van der Waals surface area (Å²) in [5.41, 5.74) is 16.6. The maximum absolute atomic E-state index is 12.1. The SMILES string of the molecule is CCOP(=O)(Cc1ccccc1)OCC.Cc1ccc(O)c(Cn2c(NC3CCN(CCN4CCOCC4)CC3)nc3ccc(/C=C/c4ccccc4)cc32)n1.Cc1ccc(O)c(Cn2c(NC3CCN(CCN4CCOCC4)CC3)nc3ccc(C=O)cc32)n1.Cc1ccc(O)c(Cn2c(NC3CCN(CCN4CCOCC4)CC3)nc3ccc(CCc4ccccc4)cc32)n1. The fraction of sp³-hybridized carbons (Fsp3) is 0.447. The summed E-state index contributed by atoms with van der Waals surface area (Å²) in [5, 5.41) is 42.9. The minimum Gasteiger partial charge on any atom is -0.506 e. The van der Waals surface area contributed by atoms with Gasteiger partial charge >= 0.3 is 7.60 Å². The van der Waals surface area contributed by atoms with E-state index < -0.39 is 7.60 Å². The van der Waals surface area contributed by atoms with Crippen molar-refractivity contribution in [2.24, 2.45) is 0 Å². The molecule has 28 nitrogen and oxygen atoms in total. The Morgan fingerprint density at radius 1 is 0.371 bits per heavy atom. The second-order valence-electron chi connectivity index (χ2n) is 35.2. The van der Waals surface area contributed by atoms with Crippen LogP contribution >= 0.6 is 7.60 Å². The van der Waals surface area contributed by atoms with E-state index >= 15 is 0 Å². The molecule has 0 aliphatic carbocycles. The van der Waals surface area contributed by atoms with Crippen LogP contribution in [-0.2, 0) is 66.5 Å². The number of aryl methyl sites for hydroxylation is 5. The Morgan fingerprint density at radius 3 is 1.08 bits per heavy atom. The second kappa shape index (κ2) is 48.2. The summed E-state index contributed by atoms with van der Waals surface area (Å²) in [6.45, 7) is 36.0. The minimum atomic E-state index is -2.94. The summed E-state index contributed by atoms with van der Waals surface area (Å²) in [5.74, 6) is 3.02. The molecule has 6 N–H and O–H groups in total. The Labute approximate surface area is 776 Å². The number of imidazole rings is 3. The Kier molecular flexibility index (Phi) is 35.0. The van der Waals surface area contributed by atoms with Gasteiger partial charge in [-0.1, -0.05) is 115 Å². The zero-order valence-corrected chi connectivity index (χ0v) is 78.4. The number of carbonyl (C=O) groups excluding carboxylic acids is 1. The van der Waals surface area contributed by atoms with Crippen molar-refractivity contribution in [1.29, 1.82) is 0 Å². The summed E-state index contributed by atoms with van der Waals surface area (Å²) in [7, 11) is -2.94. The lowest BCUT2D eigenvalue weighted by Crippen LogP contribution is -2.45. The average Bonchev–Trinajstić information content (AvgIpc) is 1.64. The number of nitrogens with zero attached hydrogens (tertiary/aromatic N) is 15. The van der Waals surface area contributed by atoms with Gasteiger partial charge in [0.05, 0.1) is 112 Å². The number of hydrogen-bond donors (Lipinski definition) is 6. The molecular weight excluding hydrogens is 1680 g/mol. The van der Waals surface area contributed by atoms with Crippen molar-refractivity contribution < 1.29 is 47.9 Å². The number of pyridine rings is 3. The Morgan fingerprint density at radius 2 is 0.697 bits per heavy atom. The highest BCUT2D eigenvalue weighted by atomic mass is 31.2. The number of likely N-dealkylation sites (tertiary alicyclic amines) is 3. The van der Waals surface area contributed by atoms with Gasteiger partial charge in [-0.15, -0.1) is 0 Å². The predicted octanol–water partition coefficient (Wildman–Crippen LogP) is 15.3. The lowest BCUT2D eigenvalue weighted by Gasteiger charge is -2.34. The Balaban J connectivity index is 0.000000141. The number of aromatic nitrogens is 9. The zero-order valence-electron chi connectivity index (χ0n) is 77.5. The van der Waals surface area contributed by atoms with Crippen LogP contribution in [0.3, 0.4) is 0 Å². The molecule has 6 aromatic carbocycles. The molecule has 6 saturated heterocycles. The molecule has 12 heterocycles. The first-order chi connectivity index (χ1) is 64.5. The van der Waals surface area contributed by atoms with Gasteiger partial charge in [0.2, 0.25) is 17.8 Å². The van der Waals surface area contributed by atoms with Crippen molar-refractivity contribution in [3.05, 3.63) is 250 Å². The van der Waals surface area contributed by atoms with Crippen LogP contribution in [0.4, 0.5) is 17.8 Å². The third-order valence-corrected chi connectivity index (χ3v) is 27.7. The van der Waals surface area contributed by atoms with Gasteiger partial charge in [-0.25, -0.2) is 15.0 Å². The molecule has 700 valence electrons. The van der Waals surface area contributed by atoms with Gasteiger partial charge < -0.3 is 82.9 Å². The number of ether oxygens (including phenoxy) is 3. The van der Waals surface area contributed by atoms with Gasteiger partial charge in [0.25, 0.3) is 0 Å². The van der Waals surface area contributed by atoms with Crippen LogP contribution in [0.2, 0.25) is 0 Å². The normalized spacial score (nSPS) is 16.9. The van der Waals surface area contributed by atoms with E-state index in [1.54, 1.807) is 30.3 Å². The maximum Gasteiger partial charge on any atom is 0.335 e. The summed E-state index contributed by atoms with van der Waals surface area (Å²) < 4.78 is 45.4. The number of hydrogen-bond acceptors (Lipinski definition) is 25. The Hall–Kier alpha value is -10.8. The van der Waals surface area contributed by atoms with Crippen LogP contribution in [0.15, 0.2) is 182 Å². The summed E-state index contributed by atoms with van der Waals surface area (Å²) in [4.78, 5) is 55.4.